The molecule has 0 bridgehead atoms. The number of nitrogens with one attached hydrogen (secondary N) is 1. The number of halogens is 2. The van der Waals surface area contributed by atoms with Gasteiger partial charge in [-0.2, -0.15) is 0 Å². The monoisotopic (exact) mass is 557 g/mol. The van der Waals surface area contributed by atoms with Crippen LogP contribution < -0.4 is 19.1 Å². The first-order chi connectivity index (χ1) is 17.0. The van der Waals surface area contributed by atoms with Crippen molar-refractivity contribution in [1.29, 1.82) is 0 Å². The standard InChI is InChI=1S/C24H29Cl2N3O6S/c1-4-20(24(31)27-5-2)28(14-16-6-8-18(25)19(26)12-16)23(30)15-29(36(3,32)33)17-7-9-21-22(13-17)35-11-10-34-21/h6-9,12-13,20H,4-5,10-11,14-15H2,1-3H3,(H,27,31)/t20-/m1/s1. The van der Waals surface area contributed by atoms with Crippen molar-refractivity contribution in [3.63, 3.8) is 0 Å². The number of hydrogen-bond donors (Lipinski definition) is 1. The number of amides is 2. The number of ether oxygens (including phenoxy) is 2. The Morgan fingerprint density at radius 1 is 1.03 bits per heavy atom. The fourth-order valence-electron chi connectivity index (χ4n) is 3.85. The van der Waals surface area contributed by atoms with Gasteiger partial charge in [0.2, 0.25) is 21.8 Å². The Morgan fingerprint density at radius 2 is 1.72 bits per heavy atom. The first-order valence-electron chi connectivity index (χ1n) is 11.4. The minimum absolute atomic E-state index is 0.0318. The smallest absolute Gasteiger partial charge is 0.244 e. The van der Waals surface area contributed by atoms with Crippen LogP contribution in [0.4, 0.5) is 5.69 Å². The summed E-state index contributed by atoms with van der Waals surface area (Å²) in [5, 5.41) is 3.41. The number of nitrogens with zero attached hydrogens (tertiary/aromatic N) is 2. The fraction of sp³-hybridized carbons (Fsp3) is 0.417. The second kappa shape index (κ2) is 12.0. The molecule has 0 saturated heterocycles. The van der Waals surface area contributed by atoms with E-state index < -0.39 is 28.5 Å². The van der Waals surface area contributed by atoms with Crippen molar-refractivity contribution >= 4 is 50.7 Å². The molecule has 2 aromatic carbocycles. The number of rotatable bonds is 10. The summed E-state index contributed by atoms with van der Waals surface area (Å²) in [5.41, 5.74) is 0.890. The van der Waals surface area contributed by atoms with Gasteiger partial charge in [-0.3, -0.25) is 13.9 Å². The molecule has 9 nitrogen and oxygen atoms in total. The quantitative estimate of drug-likeness (QED) is 0.479. The molecular formula is C24H29Cl2N3O6S. The SMILES string of the molecule is CCNC(=O)[C@@H](CC)N(Cc1ccc(Cl)c(Cl)c1)C(=O)CN(c1ccc2c(c1)OCCO2)S(C)(=O)=O. The Kier molecular flexibility index (Phi) is 9.32. The number of carbonyl (C=O) groups is 2. The molecule has 0 spiro atoms. The summed E-state index contributed by atoms with van der Waals surface area (Å²) >= 11 is 12.2. The van der Waals surface area contributed by atoms with Crippen LogP contribution in [0.2, 0.25) is 10.0 Å². The number of hydrogen-bond acceptors (Lipinski definition) is 6. The van der Waals surface area contributed by atoms with Crippen LogP contribution in [0.5, 0.6) is 11.5 Å². The van der Waals surface area contributed by atoms with E-state index in [0.29, 0.717) is 53.3 Å². The largest absolute Gasteiger partial charge is 0.486 e. The summed E-state index contributed by atoms with van der Waals surface area (Å²) in [6, 6.07) is 8.77. The Morgan fingerprint density at radius 3 is 2.33 bits per heavy atom. The molecule has 1 aliphatic rings. The zero-order chi connectivity index (χ0) is 26.5. The van der Waals surface area contributed by atoms with E-state index in [1.54, 1.807) is 44.2 Å². The molecule has 1 heterocycles. The minimum Gasteiger partial charge on any atom is -0.486 e. The summed E-state index contributed by atoms with van der Waals surface area (Å²) in [4.78, 5) is 27.8. The van der Waals surface area contributed by atoms with Crippen LogP contribution in [0.3, 0.4) is 0 Å². The third-order valence-electron chi connectivity index (χ3n) is 5.57. The van der Waals surface area contributed by atoms with Gasteiger partial charge < -0.3 is 19.7 Å². The van der Waals surface area contributed by atoms with Gasteiger partial charge >= 0.3 is 0 Å². The number of likely N-dealkylation sites (N-methyl/N-ethyl adjacent to an activating group) is 1. The Hall–Kier alpha value is -2.69. The number of sulfonamides is 1. The predicted octanol–water partition coefficient (Wildman–Crippen LogP) is 3.47. The van der Waals surface area contributed by atoms with Gasteiger partial charge in [0.25, 0.3) is 0 Å². The average molecular weight is 558 g/mol. The van der Waals surface area contributed by atoms with E-state index in [4.69, 9.17) is 32.7 Å². The van der Waals surface area contributed by atoms with Gasteiger partial charge in [-0.05, 0) is 43.2 Å². The van der Waals surface area contributed by atoms with E-state index in [2.05, 4.69) is 5.32 Å². The van der Waals surface area contributed by atoms with Crippen molar-refractivity contribution in [3.05, 3.63) is 52.0 Å². The summed E-state index contributed by atoms with van der Waals surface area (Å²) in [5.74, 6) is -0.00675. The molecule has 0 aromatic heterocycles. The third kappa shape index (κ3) is 6.74. The molecule has 0 radical (unpaired) electrons. The topological polar surface area (TPSA) is 105 Å². The van der Waals surface area contributed by atoms with Gasteiger partial charge in [-0.15, -0.1) is 0 Å². The van der Waals surface area contributed by atoms with Crippen LogP contribution in [0.25, 0.3) is 0 Å². The van der Waals surface area contributed by atoms with Crippen molar-refractivity contribution in [1.82, 2.24) is 10.2 Å². The van der Waals surface area contributed by atoms with E-state index in [0.717, 1.165) is 10.6 Å². The van der Waals surface area contributed by atoms with E-state index in [1.807, 2.05) is 0 Å². The Labute approximate surface area is 221 Å². The molecule has 1 atom stereocenters. The Balaban J connectivity index is 1.96. The molecule has 1 N–H and O–H groups in total. The highest BCUT2D eigenvalue weighted by Crippen LogP contribution is 2.35. The summed E-state index contributed by atoms with van der Waals surface area (Å²) in [6.07, 6.45) is 1.34. The highest BCUT2D eigenvalue weighted by atomic mass is 35.5. The van der Waals surface area contributed by atoms with E-state index >= 15 is 0 Å². The molecule has 0 aliphatic carbocycles. The second-order valence-corrected chi connectivity index (χ2v) is 10.9. The molecule has 2 amide bonds. The predicted molar refractivity (Wildman–Crippen MR) is 139 cm³/mol. The number of anilines is 1. The fourth-order valence-corrected chi connectivity index (χ4v) is 5.01. The molecule has 12 heteroatoms. The molecule has 0 unspecified atom stereocenters. The van der Waals surface area contributed by atoms with Crippen molar-refractivity contribution in [2.45, 2.75) is 32.9 Å². The van der Waals surface area contributed by atoms with Gasteiger partial charge in [0.15, 0.2) is 11.5 Å². The molecule has 0 saturated carbocycles. The molecule has 36 heavy (non-hydrogen) atoms. The highest BCUT2D eigenvalue weighted by Gasteiger charge is 2.32. The maximum atomic E-state index is 13.7. The zero-order valence-electron chi connectivity index (χ0n) is 20.3. The summed E-state index contributed by atoms with van der Waals surface area (Å²) < 4.78 is 37.6. The maximum Gasteiger partial charge on any atom is 0.244 e. The lowest BCUT2D eigenvalue weighted by Gasteiger charge is -2.33. The van der Waals surface area contributed by atoms with Crippen LogP contribution >= 0.6 is 23.2 Å². The number of carbonyl (C=O) groups excluding carboxylic acids is 2. The molecular weight excluding hydrogens is 529 g/mol. The van der Waals surface area contributed by atoms with Crippen LogP contribution in [0.1, 0.15) is 25.8 Å². The molecule has 196 valence electrons. The molecule has 3 rings (SSSR count). The molecule has 2 aromatic rings. The maximum absolute atomic E-state index is 13.7. The van der Waals surface area contributed by atoms with E-state index in [9.17, 15) is 18.0 Å². The normalized spacial score (nSPS) is 13.6. The molecule has 0 fully saturated rings. The van der Waals surface area contributed by atoms with Crippen molar-refractivity contribution in [3.8, 4) is 11.5 Å². The summed E-state index contributed by atoms with van der Waals surface area (Å²) in [7, 11) is -3.87. The first-order valence-corrected chi connectivity index (χ1v) is 14.0. The van der Waals surface area contributed by atoms with Gasteiger partial charge in [-0.1, -0.05) is 36.2 Å². The third-order valence-corrected chi connectivity index (χ3v) is 7.45. The van der Waals surface area contributed by atoms with Crippen LogP contribution in [-0.4, -0.2) is 63.7 Å². The van der Waals surface area contributed by atoms with Crippen LogP contribution in [0, 0.1) is 0 Å². The zero-order valence-corrected chi connectivity index (χ0v) is 22.6. The first kappa shape index (κ1) is 27.9. The minimum atomic E-state index is -3.87. The second-order valence-electron chi connectivity index (χ2n) is 8.19. The number of benzene rings is 2. The van der Waals surface area contributed by atoms with Gasteiger partial charge in [-0.25, -0.2) is 8.42 Å². The van der Waals surface area contributed by atoms with Crippen molar-refractivity contribution < 1.29 is 27.5 Å². The Bertz CT molecular complexity index is 1220. The number of fused-ring (bicyclic) bond motifs is 1. The van der Waals surface area contributed by atoms with Crippen LogP contribution in [-0.2, 0) is 26.2 Å². The van der Waals surface area contributed by atoms with Crippen molar-refractivity contribution in [2.75, 3.05) is 36.9 Å². The van der Waals surface area contributed by atoms with Crippen molar-refractivity contribution in [2.24, 2.45) is 0 Å². The lowest BCUT2D eigenvalue weighted by Crippen LogP contribution is -2.52. The van der Waals surface area contributed by atoms with Crippen LogP contribution in [0.15, 0.2) is 36.4 Å². The van der Waals surface area contributed by atoms with E-state index in [1.165, 1.54) is 11.0 Å². The van der Waals surface area contributed by atoms with Gasteiger partial charge in [0, 0.05) is 19.2 Å². The van der Waals surface area contributed by atoms with Gasteiger partial charge in [0.05, 0.1) is 22.0 Å². The molecule has 1 aliphatic heterocycles. The highest BCUT2D eigenvalue weighted by molar-refractivity contribution is 7.92. The lowest BCUT2D eigenvalue weighted by molar-refractivity contribution is -0.140. The van der Waals surface area contributed by atoms with Gasteiger partial charge in [0.1, 0.15) is 25.8 Å². The van der Waals surface area contributed by atoms with E-state index in [-0.39, 0.29) is 18.1 Å². The average Bonchev–Trinajstić information content (AvgIpc) is 2.83. The summed E-state index contributed by atoms with van der Waals surface area (Å²) in [6.45, 7) is 4.18. The lowest BCUT2D eigenvalue weighted by atomic mass is 10.1.